The van der Waals surface area contributed by atoms with E-state index in [0.717, 1.165) is 19.3 Å². The molecule has 1 fully saturated rings. The SMILES string of the molecule is CC(C)N(C)C[C@@]1(O)CN(C)CC[C@H]1C=O. The smallest absolute Gasteiger partial charge is 0.126 e. The first-order chi connectivity index (χ1) is 7.39. The van der Waals surface area contributed by atoms with Crippen LogP contribution in [0, 0.1) is 5.92 Å². The molecule has 1 aliphatic heterocycles. The van der Waals surface area contributed by atoms with Crippen molar-refractivity contribution in [3.05, 3.63) is 0 Å². The molecular weight excluding hydrogens is 204 g/mol. The summed E-state index contributed by atoms with van der Waals surface area (Å²) in [6.45, 7) is 6.20. The second kappa shape index (κ2) is 5.25. The number of nitrogens with zero attached hydrogens (tertiary/aromatic N) is 2. The lowest BCUT2D eigenvalue weighted by Crippen LogP contribution is -2.59. The Labute approximate surface area is 98.2 Å². The topological polar surface area (TPSA) is 43.8 Å². The average Bonchev–Trinajstić information content (AvgIpc) is 2.16. The first-order valence-electron chi connectivity index (χ1n) is 5.95. The van der Waals surface area contributed by atoms with Gasteiger partial charge in [0.1, 0.15) is 6.29 Å². The zero-order chi connectivity index (χ0) is 12.3. The zero-order valence-corrected chi connectivity index (χ0v) is 10.8. The van der Waals surface area contributed by atoms with Crippen LogP contribution in [0.25, 0.3) is 0 Å². The van der Waals surface area contributed by atoms with Gasteiger partial charge in [0.25, 0.3) is 0 Å². The molecule has 2 atom stereocenters. The predicted octanol–water partition coefficient (Wildman–Crippen LogP) is 0.208. The maximum atomic E-state index is 11.0. The highest BCUT2D eigenvalue weighted by Gasteiger charge is 2.41. The molecule has 1 aliphatic rings. The van der Waals surface area contributed by atoms with Gasteiger partial charge >= 0.3 is 0 Å². The molecule has 0 spiro atoms. The molecule has 0 bridgehead atoms. The van der Waals surface area contributed by atoms with Crippen LogP contribution in [0.2, 0.25) is 0 Å². The minimum absolute atomic E-state index is 0.232. The first-order valence-corrected chi connectivity index (χ1v) is 5.95. The Morgan fingerprint density at radius 1 is 1.62 bits per heavy atom. The number of aldehydes is 1. The summed E-state index contributed by atoms with van der Waals surface area (Å²) in [7, 11) is 3.97. The number of carbonyl (C=O) groups is 1. The van der Waals surface area contributed by atoms with E-state index in [1.54, 1.807) is 0 Å². The largest absolute Gasteiger partial charge is 0.386 e. The number of β-amino-alcohol motifs (C(OH)–C–C–N with tert-alkyl or cyclic N) is 1. The summed E-state index contributed by atoms with van der Waals surface area (Å²) in [6.07, 6.45) is 1.67. The molecule has 0 aliphatic carbocycles. The molecule has 1 N–H and O–H groups in total. The van der Waals surface area contributed by atoms with E-state index in [0.29, 0.717) is 19.1 Å². The van der Waals surface area contributed by atoms with Crippen LogP contribution in [0.1, 0.15) is 20.3 Å². The van der Waals surface area contributed by atoms with Crippen molar-refractivity contribution in [2.75, 3.05) is 33.7 Å². The van der Waals surface area contributed by atoms with Crippen molar-refractivity contribution in [2.45, 2.75) is 31.9 Å². The molecule has 1 saturated heterocycles. The van der Waals surface area contributed by atoms with Crippen molar-refractivity contribution in [1.82, 2.24) is 9.80 Å². The Kier molecular flexibility index (Phi) is 4.47. The lowest BCUT2D eigenvalue weighted by molar-refractivity contribution is -0.130. The van der Waals surface area contributed by atoms with Crippen LogP contribution in [-0.4, -0.2) is 66.6 Å². The molecule has 0 saturated carbocycles. The number of carbonyl (C=O) groups excluding carboxylic acids is 1. The van der Waals surface area contributed by atoms with Gasteiger partial charge in [0.2, 0.25) is 0 Å². The fourth-order valence-corrected chi connectivity index (χ4v) is 2.27. The summed E-state index contributed by atoms with van der Waals surface area (Å²) in [6, 6.07) is 0.378. The summed E-state index contributed by atoms with van der Waals surface area (Å²) in [4.78, 5) is 15.2. The van der Waals surface area contributed by atoms with E-state index in [1.165, 1.54) is 0 Å². The lowest BCUT2D eigenvalue weighted by Gasteiger charge is -2.44. The third kappa shape index (κ3) is 3.03. The Bertz CT molecular complexity index is 245. The maximum Gasteiger partial charge on any atom is 0.126 e. The summed E-state index contributed by atoms with van der Waals surface area (Å²) >= 11 is 0. The summed E-state index contributed by atoms with van der Waals surface area (Å²) in [5.74, 6) is -0.232. The van der Waals surface area contributed by atoms with Gasteiger partial charge in [0.15, 0.2) is 0 Å². The Morgan fingerprint density at radius 2 is 2.25 bits per heavy atom. The molecule has 0 aromatic heterocycles. The number of likely N-dealkylation sites (tertiary alicyclic amines) is 1. The summed E-state index contributed by atoms with van der Waals surface area (Å²) in [5, 5.41) is 10.6. The van der Waals surface area contributed by atoms with E-state index in [1.807, 2.05) is 14.1 Å². The standard InChI is InChI=1S/C12H24N2O2/c1-10(2)14(4)9-12(16)8-13(3)6-5-11(12)7-15/h7,10-11,16H,5-6,8-9H2,1-4H3/t11-,12-/m0/s1. The van der Waals surface area contributed by atoms with Crippen LogP contribution in [0.4, 0.5) is 0 Å². The lowest BCUT2D eigenvalue weighted by atomic mass is 9.81. The van der Waals surface area contributed by atoms with Gasteiger partial charge in [-0.05, 0) is 40.9 Å². The van der Waals surface area contributed by atoms with Gasteiger partial charge in [0.05, 0.1) is 5.60 Å². The Hall–Kier alpha value is -0.450. The van der Waals surface area contributed by atoms with Crippen LogP contribution in [0.3, 0.4) is 0 Å². The van der Waals surface area contributed by atoms with Crippen LogP contribution in [0.5, 0.6) is 0 Å². The molecule has 1 rings (SSSR count). The third-order valence-corrected chi connectivity index (χ3v) is 3.62. The molecule has 0 amide bonds. The molecule has 16 heavy (non-hydrogen) atoms. The summed E-state index contributed by atoms with van der Waals surface area (Å²) < 4.78 is 0. The molecular formula is C12H24N2O2. The van der Waals surface area contributed by atoms with E-state index in [-0.39, 0.29) is 5.92 Å². The molecule has 0 radical (unpaired) electrons. The van der Waals surface area contributed by atoms with Gasteiger partial charge < -0.3 is 19.7 Å². The van der Waals surface area contributed by atoms with E-state index >= 15 is 0 Å². The number of hydrogen-bond acceptors (Lipinski definition) is 4. The van der Waals surface area contributed by atoms with Crippen LogP contribution < -0.4 is 0 Å². The second-order valence-corrected chi connectivity index (χ2v) is 5.38. The maximum absolute atomic E-state index is 11.0. The van der Waals surface area contributed by atoms with Crippen molar-refractivity contribution in [3.8, 4) is 0 Å². The van der Waals surface area contributed by atoms with Crippen molar-refractivity contribution < 1.29 is 9.90 Å². The fraction of sp³-hybridized carbons (Fsp3) is 0.917. The molecule has 1 heterocycles. The van der Waals surface area contributed by atoms with E-state index in [4.69, 9.17) is 0 Å². The van der Waals surface area contributed by atoms with E-state index < -0.39 is 5.60 Å². The highest BCUT2D eigenvalue weighted by Crippen LogP contribution is 2.26. The highest BCUT2D eigenvalue weighted by atomic mass is 16.3. The van der Waals surface area contributed by atoms with Crippen molar-refractivity contribution in [2.24, 2.45) is 5.92 Å². The second-order valence-electron chi connectivity index (χ2n) is 5.38. The van der Waals surface area contributed by atoms with Gasteiger partial charge in [0, 0.05) is 25.0 Å². The predicted molar refractivity (Wildman–Crippen MR) is 64.4 cm³/mol. The van der Waals surface area contributed by atoms with Crippen molar-refractivity contribution in [3.63, 3.8) is 0 Å². The van der Waals surface area contributed by atoms with Gasteiger partial charge in [-0.1, -0.05) is 0 Å². The van der Waals surface area contributed by atoms with E-state index in [2.05, 4.69) is 23.6 Å². The van der Waals surface area contributed by atoms with Crippen LogP contribution in [-0.2, 0) is 4.79 Å². The van der Waals surface area contributed by atoms with Gasteiger partial charge in [-0.2, -0.15) is 0 Å². The number of aliphatic hydroxyl groups is 1. The molecule has 94 valence electrons. The highest BCUT2D eigenvalue weighted by molar-refractivity contribution is 5.56. The molecule has 4 nitrogen and oxygen atoms in total. The Morgan fingerprint density at radius 3 is 2.75 bits per heavy atom. The Balaban J connectivity index is 2.72. The number of hydrogen-bond donors (Lipinski definition) is 1. The number of piperidine rings is 1. The van der Waals surface area contributed by atoms with E-state index in [9.17, 15) is 9.90 Å². The minimum atomic E-state index is -0.895. The third-order valence-electron chi connectivity index (χ3n) is 3.62. The summed E-state index contributed by atoms with van der Waals surface area (Å²) in [5.41, 5.74) is -0.895. The van der Waals surface area contributed by atoms with Crippen LogP contribution in [0.15, 0.2) is 0 Å². The zero-order valence-electron chi connectivity index (χ0n) is 10.8. The monoisotopic (exact) mass is 228 g/mol. The van der Waals surface area contributed by atoms with Gasteiger partial charge in [-0.15, -0.1) is 0 Å². The average molecular weight is 228 g/mol. The minimum Gasteiger partial charge on any atom is -0.386 e. The molecule has 0 aromatic rings. The van der Waals surface area contributed by atoms with Gasteiger partial charge in [-0.25, -0.2) is 0 Å². The van der Waals surface area contributed by atoms with Crippen LogP contribution >= 0.6 is 0 Å². The van der Waals surface area contributed by atoms with Crippen molar-refractivity contribution >= 4 is 6.29 Å². The van der Waals surface area contributed by atoms with Gasteiger partial charge in [-0.3, -0.25) is 0 Å². The molecule has 0 unspecified atom stereocenters. The normalized spacial score (nSPS) is 32.3. The number of rotatable bonds is 4. The molecule has 0 aromatic carbocycles. The number of likely N-dealkylation sites (N-methyl/N-ethyl adjacent to an activating group) is 2. The molecule has 4 heteroatoms. The fourth-order valence-electron chi connectivity index (χ4n) is 2.27. The quantitative estimate of drug-likeness (QED) is 0.699. The first kappa shape index (κ1) is 13.6. The van der Waals surface area contributed by atoms with Crippen molar-refractivity contribution in [1.29, 1.82) is 0 Å².